The van der Waals surface area contributed by atoms with E-state index in [1.807, 2.05) is 12.1 Å². The Morgan fingerprint density at radius 1 is 0.905 bits per heavy atom. The second-order valence-corrected chi connectivity index (χ2v) is 11.8. The van der Waals surface area contributed by atoms with Gasteiger partial charge in [-0.05, 0) is 71.2 Å². The fraction of sp³-hybridized carbons (Fsp3) is 0.500. The number of benzene rings is 2. The standard InChI is InChI=1S/C30H41N3O9/c1-29(2,3)41-27(36)25(28(37)42-30(4,5)6)31-16-17-32(19-21-10-14-23(40-7)15-11-21)24(26(34)35)18-20-8-12-22(13-9-20)33(38)39/h8-15,24-25,31H,16-19H2,1-7H3,(H,34,35)/t24-/m1/s1. The number of nitrogens with zero attached hydrogens (tertiary/aromatic N) is 2. The van der Waals surface area contributed by atoms with Crippen LogP contribution in [0.4, 0.5) is 5.69 Å². The summed E-state index contributed by atoms with van der Waals surface area (Å²) in [5.74, 6) is -2.07. The summed E-state index contributed by atoms with van der Waals surface area (Å²) in [6, 6.07) is 10.4. The van der Waals surface area contributed by atoms with Crippen molar-refractivity contribution < 1.29 is 38.6 Å². The minimum atomic E-state index is -1.43. The van der Waals surface area contributed by atoms with Gasteiger partial charge in [0, 0.05) is 31.8 Å². The number of non-ortho nitro benzene ring substituents is 1. The van der Waals surface area contributed by atoms with E-state index in [9.17, 15) is 29.6 Å². The molecule has 2 aromatic carbocycles. The van der Waals surface area contributed by atoms with Crippen molar-refractivity contribution in [2.24, 2.45) is 0 Å². The highest BCUT2D eigenvalue weighted by Crippen LogP contribution is 2.19. The molecule has 0 aliphatic heterocycles. The summed E-state index contributed by atoms with van der Waals surface area (Å²) in [6.07, 6.45) is 0.0606. The van der Waals surface area contributed by atoms with Gasteiger partial charge in [0.25, 0.3) is 5.69 Å². The van der Waals surface area contributed by atoms with Gasteiger partial charge in [-0.2, -0.15) is 0 Å². The molecule has 0 radical (unpaired) electrons. The first-order chi connectivity index (χ1) is 19.5. The number of aliphatic carboxylic acids is 1. The number of rotatable bonds is 14. The Kier molecular flexibility index (Phi) is 12.0. The van der Waals surface area contributed by atoms with Crippen LogP contribution in [0.3, 0.4) is 0 Å². The van der Waals surface area contributed by atoms with Crippen molar-refractivity contribution in [3.8, 4) is 5.75 Å². The van der Waals surface area contributed by atoms with Gasteiger partial charge in [0.15, 0.2) is 0 Å². The molecule has 0 aromatic heterocycles. The number of hydrogen-bond acceptors (Lipinski definition) is 10. The van der Waals surface area contributed by atoms with Crippen LogP contribution in [0.15, 0.2) is 48.5 Å². The van der Waals surface area contributed by atoms with Crippen LogP contribution in [0.25, 0.3) is 0 Å². The number of methoxy groups -OCH3 is 1. The van der Waals surface area contributed by atoms with E-state index in [1.165, 1.54) is 24.3 Å². The minimum absolute atomic E-state index is 0.0450. The Balaban J connectivity index is 2.32. The predicted octanol–water partition coefficient (Wildman–Crippen LogP) is 3.74. The molecular formula is C30H41N3O9. The summed E-state index contributed by atoms with van der Waals surface area (Å²) >= 11 is 0. The first kappa shape index (κ1) is 34.2. The topological polar surface area (TPSA) is 158 Å². The first-order valence-electron chi connectivity index (χ1n) is 13.5. The lowest BCUT2D eigenvalue weighted by molar-refractivity contribution is -0.384. The highest BCUT2D eigenvalue weighted by atomic mass is 16.6. The van der Waals surface area contributed by atoms with Gasteiger partial charge in [-0.15, -0.1) is 0 Å². The third kappa shape index (κ3) is 11.5. The molecule has 2 aromatic rings. The number of nitro groups is 1. The van der Waals surface area contributed by atoms with E-state index in [0.717, 1.165) is 5.56 Å². The number of carboxylic acid groups (broad SMARTS) is 1. The van der Waals surface area contributed by atoms with Crippen molar-refractivity contribution >= 4 is 23.6 Å². The number of ether oxygens (including phenoxy) is 3. The monoisotopic (exact) mass is 587 g/mol. The van der Waals surface area contributed by atoms with Gasteiger partial charge in [-0.25, -0.2) is 9.59 Å². The summed E-state index contributed by atoms with van der Waals surface area (Å²) in [5.41, 5.74) is -0.389. The Morgan fingerprint density at radius 2 is 1.40 bits per heavy atom. The molecule has 0 aliphatic rings. The quantitative estimate of drug-likeness (QED) is 0.144. The molecule has 0 fully saturated rings. The summed E-state index contributed by atoms with van der Waals surface area (Å²) in [5, 5.41) is 24.2. The van der Waals surface area contributed by atoms with E-state index >= 15 is 0 Å². The Labute approximate surface area is 246 Å². The summed E-state index contributed by atoms with van der Waals surface area (Å²) in [4.78, 5) is 50.6. The zero-order valence-electron chi connectivity index (χ0n) is 25.2. The smallest absolute Gasteiger partial charge is 0.335 e. The second kappa shape index (κ2) is 14.7. The van der Waals surface area contributed by atoms with E-state index in [-0.39, 0.29) is 31.7 Å². The molecular weight excluding hydrogens is 546 g/mol. The van der Waals surface area contributed by atoms with Crippen LogP contribution in [0.5, 0.6) is 5.75 Å². The van der Waals surface area contributed by atoms with Gasteiger partial charge in [0.1, 0.15) is 23.0 Å². The molecule has 0 aliphatic carbocycles. The number of esters is 2. The van der Waals surface area contributed by atoms with Crippen LogP contribution in [-0.2, 0) is 36.8 Å². The number of nitrogens with one attached hydrogen (secondary N) is 1. The average Bonchev–Trinajstić information content (AvgIpc) is 2.87. The van der Waals surface area contributed by atoms with Crippen LogP contribution in [0.1, 0.15) is 52.7 Å². The number of carbonyl (C=O) groups excluding carboxylic acids is 2. The third-order valence-electron chi connectivity index (χ3n) is 5.88. The number of nitro benzene ring substituents is 1. The van der Waals surface area contributed by atoms with Crippen LogP contribution < -0.4 is 10.1 Å². The summed E-state index contributed by atoms with van der Waals surface area (Å²) < 4.78 is 16.1. The highest BCUT2D eigenvalue weighted by Gasteiger charge is 2.35. The van der Waals surface area contributed by atoms with E-state index in [0.29, 0.717) is 11.3 Å². The highest BCUT2D eigenvalue weighted by molar-refractivity contribution is 5.99. The third-order valence-corrected chi connectivity index (χ3v) is 5.88. The zero-order valence-corrected chi connectivity index (χ0v) is 25.2. The molecule has 230 valence electrons. The van der Waals surface area contributed by atoms with Gasteiger partial charge in [-0.1, -0.05) is 24.3 Å². The average molecular weight is 588 g/mol. The maximum atomic E-state index is 12.9. The molecule has 0 spiro atoms. The van der Waals surface area contributed by atoms with Crippen molar-refractivity contribution in [1.82, 2.24) is 10.2 Å². The molecule has 0 saturated heterocycles. The van der Waals surface area contributed by atoms with Crippen molar-refractivity contribution in [3.05, 3.63) is 69.8 Å². The van der Waals surface area contributed by atoms with Gasteiger partial charge >= 0.3 is 17.9 Å². The van der Waals surface area contributed by atoms with Gasteiger partial charge in [0.05, 0.1) is 12.0 Å². The van der Waals surface area contributed by atoms with Crippen molar-refractivity contribution in [2.45, 2.75) is 77.8 Å². The Bertz CT molecular complexity index is 1190. The number of carbonyl (C=O) groups is 3. The molecule has 1 atom stereocenters. The molecule has 0 saturated carbocycles. The van der Waals surface area contributed by atoms with Gasteiger partial charge < -0.3 is 19.3 Å². The maximum absolute atomic E-state index is 12.9. The van der Waals surface area contributed by atoms with Crippen molar-refractivity contribution in [3.63, 3.8) is 0 Å². The van der Waals surface area contributed by atoms with Crippen LogP contribution in [0, 0.1) is 10.1 Å². The fourth-order valence-electron chi connectivity index (χ4n) is 4.00. The SMILES string of the molecule is COc1ccc(CN(CCNC(C(=O)OC(C)(C)C)C(=O)OC(C)(C)C)[C@H](Cc2ccc([N+](=O)[O-])cc2)C(=O)O)cc1. The van der Waals surface area contributed by atoms with Gasteiger partial charge in [0.2, 0.25) is 6.04 Å². The van der Waals surface area contributed by atoms with Crippen LogP contribution in [-0.4, -0.2) is 76.3 Å². The normalized spacial score (nSPS) is 12.6. The molecule has 12 heteroatoms. The predicted molar refractivity (Wildman–Crippen MR) is 155 cm³/mol. The van der Waals surface area contributed by atoms with E-state index in [4.69, 9.17) is 14.2 Å². The molecule has 0 bridgehead atoms. The molecule has 2 rings (SSSR count). The first-order valence-corrected chi connectivity index (χ1v) is 13.5. The largest absolute Gasteiger partial charge is 0.497 e. The summed E-state index contributed by atoms with van der Waals surface area (Å²) in [6.45, 7) is 10.5. The van der Waals surface area contributed by atoms with Crippen molar-refractivity contribution in [2.75, 3.05) is 20.2 Å². The zero-order chi connectivity index (χ0) is 31.7. The van der Waals surface area contributed by atoms with Crippen LogP contribution in [0.2, 0.25) is 0 Å². The van der Waals surface area contributed by atoms with Crippen LogP contribution >= 0.6 is 0 Å². The second-order valence-electron chi connectivity index (χ2n) is 11.8. The van der Waals surface area contributed by atoms with Crippen molar-refractivity contribution in [1.29, 1.82) is 0 Å². The lowest BCUT2D eigenvalue weighted by Crippen LogP contribution is -2.52. The molecule has 0 amide bonds. The van der Waals surface area contributed by atoms with Gasteiger partial charge in [-0.3, -0.25) is 25.1 Å². The van der Waals surface area contributed by atoms with E-state index in [2.05, 4.69) is 5.32 Å². The molecule has 0 unspecified atom stereocenters. The molecule has 0 heterocycles. The maximum Gasteiger partial charge on any atom is 0.335 e. The fourth-order valence-corrected chi connectivity index (χ4v) is 4.00. The molecule has 12 nitrogen and oxygen atoms in total. The van der Waals surface area contributed by atoms with E-state index in [1.54, 1.807) is 65.7 Å². The Morgan fingerprint density at radius 3 is 1.83 bits per heavy atom. The molecule has 2 N–H and O–H groups in total. The summed E-state index contributed by atoms with van der Waals surface area (Å²) in [7, 11) is 1.55. The molecule has 42 heavy (non-hydrogen) atoms. The van der Waals surface area contributed by atoms with E-state index < -0.39 is 46.1 Å². The lowest BCUT2D eigenvalue weighted by Gasteiger charge is -2.30. The minimum Gasteiger partial charge on any atom is -0.497 e. The lowest BCUT2D eigenvalue weighted by atomic mass is 10.0. The number of carboxylic acids is 1. The number of hydrogen-bond donors (Lipinski definition) is 2. The Hall–Kier alpha value is -4.03.